The number of nitrogens with zero attached hydrogens (tertiary/aromatic N) is 2. The lowest BCUT2D eigenvalue weighted by Crippen LogP contribution is -2.26. The Morgan fingerprint density at radius 1 is 1.23 bits per heavy atom. The number of fused-ring (bicyclic) bond motifs is 1. The maximum Gasteiger partial charge on any atom is 0.257 e. The van der Waals surface area contributed by atoms with Crippen LogP contribution in [0.5, 0.6) is 0 Å². The fourth-order valence-corrected chi connectivity index (χ4v) is 3.57. The van der Waals surface area contributed by atoms with Crippen LogP contribution in [0.15, 0.2) is 34.9 Å². The largest absolute Gasteiger partial charge is 0.360 e. The molecular weight excluding hydrogens is 328 g/mol. The van der Waals surface area contributed by atoms with Crippen molar-refractivity contribution < 1.29 is 9.32 Å². The Morgan fingerprint density at radius 3 is 2.88 bits per heavy atom. The molecule has 0 saturated carbocycles. The Bertz CT molecular complexity index is 911. The van der Waals surface area contributed by atoms with Gasteiger partial charge in [-0.25, -0.2) is 0 Å². The van der Waals surface area contributed by atoms with Crippen LogP contribution >= 0.6 is 0 Å². The molecule has 6 heteroatoms. The van der Waals surface area contributed by atoms with Crippen LogP contribution in [0.3, 0.4) is 0 Å². The third kappa shape index (κ3) is 3.14. The summed E-state index contributed by atoms with van der Waals surface area (Å²) in [6.07, 6.45) is 5.32. The van der Waals surface area contributed by atoms with E-state index in [-0.39, 0.29) is 5.91 Å². The number of aromatic nitrogens is 3. The SMILES string of the molecule is Cc1onc(-c2ccccc2)c1C(=O)NCCc1n[nH]c2c1CCCC2. The smallest absolute Gasteiger partial charge is 0.257 e. The van der Waals surface area contributed by atoms with Gasteiger partial charge in [0.1, 0.15) is 17.0 Å². The van der Waals surface area contributed by atoms with Gasteiger partial charge in [0.2, 0.25) is 0 Å². The van der Waals surface area contributed by atoms with E-state index in [0.717, 1.165) is 30.5 Å². The highest BCUT2D eigenvalue weighted by Gasteiger charge is 2.22. The van der Waals surface area contributed by atoms with Crippen LogP contribution in [-0.4, -0.2) is 27.8 Å². The summed E-state index contributed by atoms with van der Waals surface area (Å²) in [6.45, 7) is 2.30. The maximum atomic E-state index is 12.7. The van der Waals surface area contributed by atoms with Crippen LogP contribution in [0.4, 0.5) is 0 Å². The third-order valence-electron chi connectivity index (χ3n) is 4.93. The van der Waals surface area contributed by atoms with Gasteiger partial charge < -0.3 is 9.84 Å². The molecule has 2 heterocycles. The van der Waals surface area contributed by atoms with Gasteiger partial charge in [-0.15, -0.1) is 0 Å². The molecule has 1 aliphatic carbocycles. The van der Waals surface area contributed by atoms with Crippen LogP contribution in [0, 0.1) is 6.92 Å². The van der Waals surface area contributed by atoms with Gasteiger partial charge in [0, 0.05) is 24.2 Å². The summed E-state index contributed by atoms with van der Waals surface area (Å²) < 4.78 is 5.27. The molecule has 4 rings (SSSR count). The van der Waals surface area contributed by atoms with Crippen molar-refractivity contribution in [3.8, 4) is 11.3 Å². The number of rotatable bonds is 5. The molecular formula is C20H22N4O2. The number of nitrogens with one attached hydrogen (secondary N) is 2. The molecule has 0 fully saturated rings. The lowest BCUT2D eigenvalue weighted by Gasteiger charge is -2.11. The van der Waals surface area contributed by atoms with E-state index in [1.807, 2.05) is 30.3 Å². The molecule has 2 aromatic heterocycles. The van der Waals surface area contributed by atoms with E-state index in [9.17, 15) is 4.79 Å². The van der Waals surface area contributed by atoms with Crippen molar-refractivity contribution in [3.05, 3.63) is 58.6 Å². The van der Waals surface area contributed by atoms with Crippen LogP contribution in [0.2, 0.25) is 0 Å². The minimum absolute atomic E-state index is 0.160. The molecule has 0 spiro atoms. The zero-order chi connectivity index (χ0) is 17.9. The Morgan fingerprint density at radius 2 is 2.04 bits per heavy atom. The van der Waals surface area contributed by atoms with E-state index in [1.54, 1.807) is 6.92 Å². The summed E-state index contributed by atoms with van der Waals surface area (Å²) in [5, 5.41) is 14.6. The van der Waals surface area contributed by atoms with Crippen molar-refractivity contribution in [1.82, 2.24) is 20.7 Å². The molecule has 1 aromatic carbocycles. The van der Waals surface area contributed by atoms with E-state index in [2.05, 4.69) is 20.7 Å². The number of carbonyl (C=O) groups excluding carboxylic acids is 1. The third-order valence-corrected chi connectivity index (χ3v) is 4.93. The Kier molecular flexibility index (Phi) is 4.56. The number of carbonyl (C=O) groups is 1. The highest BCUT2D eigenvalue weighted by atomic mass is 16.5. The van der Waals surface area contributed by atoms with Crippen molar-refractivity contribution >= 4 is 5.91 Å². The first kappa shape index (κ1) is 16.6. The quantitative estimate of drug-likeness (QED) is 0.740. The highest BCUT2D eigenvalue weighted by Crippen LogP contribution is 2.25. The average Bonchev–Trinajstić information content (AvgIpc) is 3.26. The summed E-state index contributed by atoms with van der Waals surface area (Å²) in [5.74, 6) is 0.366. The molecule has 26 heavy (non-hydrogen) atoms. The van der Waals surface area contributed by atoms with Crippen molar-refractivity contribution in [2.45, 2.75) is 39.0 Å². The molecule has 2 N–H and O–H groups in total. The van der Waals surface area contributed by atoms with E-state index in [0.29, 0.717) is 23.6 Å². The molecule has 0 unspecified atom stereocenters. The normalized spacial score (nSPS) is 13.4. The van der Waals surface area contributed by atoms with Gasteiger partial charge in [-0.1, -0.05) is 35.5 Å². The second-order valence-corrected chi connectivity index (χ2v) is 6.67. The van der Waals surface area contributed by atoms with Gasteiger partial charge in [-0.05, 0) is 38.2 Å². The van der Waals surface area contributed by atoms with Crippen LogP contribution in [0.25, 0.3) is 11.3 Å². The first-order valence-electron chi connectivity index (χ1n) is 9.09. The Hall–Kier alpha value is -2.89. The van der Waals surface area contributed by atoms with Gasteiger partial charge in [0.15, 0.2) is 0 Å². The number of H-pyrrole nitrogens is 1. The number of aryl methyl sites for hydroxylation is 2. The van der Waals surface area contributed by atoms with Crippen molar-refractivity contribution in [1.29, 1.82) is 0 Å². The fourth-order valence-electron chi connectivity index (χ4n) is 3.57. The lowest BCUT2D eigenvalue weighted by atomic mass is 9.95. The number of aromatic amines is 1. The topological polar surface area (TPSA) is 83.8 Å². The fraction of sp³-hybridized carbons (Fsp3) is 0.350. The Balaban J connectivity index is 1.45. The van der Waals surface area contributed by atoms with E-state index < -0.39 is 0 Å². The number of hydrogen-bond donors (Lipinski definition) is 2. The molecule has 3 aromatic rings. The van der Waals surface area contributed by atoms with Crippen molar-refractivity contribution in [3.63, 3.8) is 0 Å². The van der Waals surface area contributed by atoms with Crippen LogP contribution in [-0.2, 0) is 19.3 Å². The predicted molar refractivity (Wildman–Crippen MR) is 97.9 cm³/mol. The van der Waals surface area contributed by atoms with Gasteiger partial charge in [-0.3, -0.25) is 9.89 Å². The van der Waals surface area contributed by atoms with E-state index in [1.165, 1.54) is 24.1 Å². The molecule has 134 valence electrons. The van der Waals surface area contributed by atoms with Gasteiger partial charge in [0.25, 0.3) is 5.91 Å². The molecule has 1 amide bonds. The predicted octanol–water partition coefficient (Wildman–Crippen LogP) is 3.22. The van der Waals surface area contributed by atoms with E-state index >= 15 is 0 Å². The molecule has 0 bridgehead atoms. The highest BCUT2D eigenvalue weighted by molar-refractivity contribution is 6.00. The van der Waals surface area contributed by atoms with Gasteiger partial charge in [0.05, 0.1) is 5.69 Å². The lowest BCUT2D eigenvalue weighted by molar-refractivity contribution is 0.0953. The Labute approximate surface area is 152 Å². The molecule has 0 saturated heterocycles. The van der Waals surface area contributed by atoms with Gasteiger partial charge >= 0.3 is 0 Å². The number of hydrogen-bond acceptors (Lipinski definition) is 4. The molecule has 0 atom stereocenters. The summed E-state index contributed by atoms with van der Waals surface area (Å²) in [4.78, 5) is 12.7. The van der Waals surface area contributed by atoms with Crippen LogP contribution < -0.4 is 5.32 Å². The number of amides is 1. The van der Waals surface area contributed by atoms with Crippen molar-refractivity contribution in [2.75, 3.05) is 6.54 Å². The maximum absolute atomic E-state index is 12.7. The molecule has 0 aliphatic heterocycles. The zero-order valence-electron chi connectivity index (χ0n) is 14.8. The summed E-state index contributed by atoms with van der Waals surface area (Å²) in [6, 6.07) is 9.61. The summed E-state index contributed by atoms with van der Waals surface area (Å²) >= 11 is 0. The van der Waals surface area contributed by atoms with Crippen LogP contribution in [0.1, 0.15) is 45.9 Å². The monoisotopic (exact) mass is 350 g/mol. The second kappa shape index (κ2) is 7.15. The first-order valence-corrected chi connectivity index (χ1v) is 9.09. The minimum Gasteiger partial charge on any atom is -0.360 e. The molecule has 1 aliphatic rings. The standard InChI is InChI=1S/C20H22N4O2/c1-13-18(19(24-26-13)14-7-3-2-4-8-14)20(25)21-12-11-17-15-9-5-6-10-16(15)22-23-17/h2-4,7-8H,5-6,9-12H2,1H3,(H,21,25)(H,22,23). The summed E-state index contributed by atoms with van der Waals surface area (Å²) in [5.41, 5.74) is 5.63. The van der Waals surface area contributed by atoms with E-state index in [4.69, 9.17) is 4.52 Å². The minimum atomic E-state index is -0.160. The molecule has 0 radical (unpaired) electrons. The average molecular weight is 350 g/mol. The van der Waals surface area contributed by atoms with Crippen molar-refractivity contribution in [2.24, 2.45) is 0 Å². The second-order valence-electron chi connectivity index (χ2n) is 6.67. The first-order chi connectivity index (χ1) is 12.7. The summed E-state index contributed by atoms with van der Waals surface area (Å²) in [7, 11) is 0. The molecule has 6 nitrogen and oxygen atoms in total. The zero-order valence-corrected chi connectivity index (χ0v) is 14.8. The van der Waals surface area contributed by atoms with Gasteiger partial charge in [-0.2, -0.15) is 5.10 Å². The number of benzene rings is 1.